The molecule has 1 heterocycles. The quantitative estimate of drug-likeness (QED) is 0.204. The summed E-state index contributed by atoms with van der Waals surface area (Å²) in [6.07, 6.45) is 0.963. The van der Waals surface area contributed by atoms with Crippen LogP contribution in [-0.4, -0.2) is 29.6 Å². The minimum atomic E-state index is -0.562. The highest BCUT2D eigenvalue weighted by Crippen LogP contribution is 2.16. The molecule has 0 saturated carbocycles. The predicted octanol–water partition coefficient (Wildman–Crippen LogP) is 1.35. The van der Waals surface area contributed by atoms with Crippen molar-refractivity contribution in [3.8, 4) is 0 Å². The number of methoxy groups -OCH3 is 1. The number of hydrogen-bond acceptors (Lipinski definition) is 5. The van der Waals surface area contributed by atoms with Gasteiger partial charge in [-0.15, -0.1) is 0 Å². The Hall–Kier alpha value is -1.82. The van der Waals surface area contributed by atoms with Crippen LogP contribution in [0.5, 0.6) is 0 Å². The van der Waals surface area contributed by atoms with E-state index in [1.807, 2.05) is 0 Å². The highest BCUT2D eigenvalue weighted by molar-refractivity contribution is 6.29. The number of oxime groups is 1. The lowest BCUT2D eigenvalue weighted by Gasteiger charge is -2.05. The molecule has 0 unspecified atom stereocenters. The number of aromatic nitrogens is 1. The summed E-state index contributed by atoms with van der Waals surface area (Å²) >= 11 is 5.63. The van der Waals surface area contributed by atoms with Gasteiger partial charge in [-0.25, -0.2) is 9.78 Å². The minimum Gasteiger partial charge on any atom is -0.465 e. The Balaban J connectivity index is 3.08. The van der Waals surface area contributed by atoms with E-state index in [0.717, 1.165) is 6.34 Å². The number of pyridine rings is 1. The average molecular weight is 230 g/mol. The van der Waals surface area contributed by atoms with Crippen LogP contribution in [0, 0.1) is 0 Å². The van der Waals surface area contributed by atoms with Gasteiger partial charge in [-0.1, -0.05) is 16.8 Å². The van der Waals surface area contributed by atoms with Gasteiger partial charge in [-0.05, 0) is 12.1 Å². The van der Waals surface area contributed by atoms with Gasteiger partial charge in [0.25, 0.3) is 0 Å². The molecule has 1 rings (SSSR count). The summed E-state index contributed by atoms with van der Waals surface area (Å²) in [5.74, 6) is -0.403. The summed E-state index contributed by atoms with van der Waals surface area (Å²) in [5, 5.41) is 13.6. The number of rotatable bonds is 3. The van der Waals surface area contributed by atoms with E-state index in [4.69, 9.17) is 16.8 Å². The maximum Gasteiger partial charge on any atom is 0.341 e. The molecule has 0 saturated heterocycles. The van der Waals surface area contributed by atoms with E-state index in [1.54, 1.807) is 0 Å². The van der Waals surface area contributed by atoms with E-state index in [0.29, 0.717) is 0 Å². The third-order valence-electron chi connectivity index (χ3n) is 1.53. The van der Waals surface area contributed by atoms with Gasteiger partial charge in [0.2, 0.25) is 0 Å². The number of carbonyl (C=O) groups excluding carboxylic acids is 1. The van der Waals surface area contributed by atoms with Gasteiger partial charge in [0.1, 0.15) is 22.9 Å². The molecule has 0 fully saturated rings. The molecule has 2 N–H and O–H groups in total. The van der Waals surface area contributed by atoms with Crippen molar-refractivity contribution in [2.45, 2.75) is 0 Å². The molecule has 0 spiro atoms. The highest BCUT2D eigenvalue weighted by atomic mass is 35.5. The van der Waals surface area contributed by atoms with Crippen LogP contribution in [0.15, 0.2) is 17.3 Å². The van der Waals surface area contributed by atoms with Crippen molar-refractivity contribution < 1.29 is 14.7 Å². The molecule has 6 nitrogen and oxygen atoms in total. The first-order chi connectivity index (χ1) is 7.19. The molecular formula is C8H8ClN3O3. The van der Waals surface area contributed by atoms with E-state index < -0.39 is 5.97 Å². The van der Waals surface area contributed by atoms with Crippen molar-refractivity contribution in [3.05, 3.63) is 22.8 Å². The fourth-order valence-electron chi connectivity index (χ4n) is 0.910. The van der Waals surface area contributed by atoms with Gasteiger partial charge < -0.3 is 15.3 Å². The smallest absolute Gasteiger partial charge is 0.341 e. The Morgan fingerprint density at radius 3 is 3.07 bits per heavy atom. The number of hydrogen-bond donors (Lipinski definition) is 2. The van der Waals surface area contributed by atoms with Crippen molar-refractivity contribution >= 4 is 29.7 Å². The monoisotopic (exact) mass is 229 g/mol. The van der Waals surface area contributed by atoms with Crippen LogP contribution in [-0.2, 0) is 4.74 Å². The fourth-order valence-corrected chi connectivity index (χ4v) is 1.06. The summed E-state index contributed by atoms with van der Waals surface area (Å²) in [6.45, 7) is 0. The molecular weight excluding hydrogens is 222 g/mol. The Morgan fingerprint density at radius 1 is 1.73 bits per heavy atom. The van der Waals surface area contributed by atoms with E-state index in [1.165, 1.54) is 19.2 Å². The topological polar surface area (TPSA) is 83.8 Å². The maximum atomic E-state index is 11.3. The number of ether oxygens (including phenoxy) is 1. The lowest BCUT2D eigenvalue weighted by Crippen LogP contribution is -2.08. The molecule has 7 heteroatoms. The van der Waals surface area contributed by atoms with Crippen LogP contribution in [0.4, 0.5) is 5.82 Å². The van der Waals surface area contributed by atoms with E-state index in [9.17, 15) is 4.79 Å². The zero-order chi connectivity index (χ0) is 11.3. The molecule has 0 bridgehead atoms. The second-order valence-electron chi connectivity index (χ2n) is 2.41. The maximum absolute atomic E-state index is 11.3. The lowest BCUT2D eigenvalue weighted by atomic mass is 10.2. The zero-order valence-corrected chi connectivity index (χ0v) is 8.52. The largest absolute Gasteiger partial charge is 0.465 e. The second kappa shape index (κ2) is 5.16. The number of anilines is 1. The molecule has 80 valence electrons. The third-order valence-corrected chi connectivity index (χ3v) is 1.74. The highest BCUT2D eigenvalue weighted by Gasteiger charge is 2.12. The molecule has 0 radical (unpaired) electrons. The van der Waals surface area contributed by atoms with Crippen molar-refractivity contribution in [1.29, 1.82) is 0 Å². The van der Waals surface area contributed by atoms with Crippen molar-refractivity contribution in [2.24, 2.45) is 5.16 Å². The molecule has 0 aliphatic heterocycles. The lowest BCUT2D eigenvalue weighted by molar-refractivity contribution is 0.0601. The summed E-state index contributed by atoms with van der Waals surface area (Å²) in [5.41, 5.74) is 0.196. The Morgan fingerprint density at radius 2 is 2.47 bits per heavy atom. The Labute approximate surface area is 90.5 Å². The predicted molar refractivity (Wildman–Crippen MR) is 54.5 cm³/mol. The first-order valence-corrected chi connectivity index (χ1v) is 4.24. The van der Waals surface area contributed by atoms with Crippen LogP contribution in [0.1, 0.15) is 10.4 Å². The SMILES string of the molecule is COC(=O)c1ccc(Cl)nc1NC=NO. The number of halogens is 1. The van der Waals surface area contributed by atoms with Gasteiger partial charge in [0, 0.05) is 0 Å². The Bertz CT molecular complexity index is 395. The first-order valence-electron chi connectivity index (χ1n) is 3.86. The molecule has 0 amide bonds. The normalized spacial score (nSPS) is 10.3. The van der Waals surface area contributed by atoms with E-state index in [2.05, 4.69) is 20.2 Å². The molecule has 1 aromatic rings. The van der Waals surface area contributed by atoms with E-state index >= 15 is 0 Å². The van der Waals surface area contributed by atoms with Crippen molar-refractivity contribution in [2.75, 3.05) is 12.4 Å². The van der Waals surface area contributed by atoms with Gasteiger partial charge in [0.15, 0.2) is 0 Å². The van der Waals surface area contributed by atoms with Gasteiger partial charge >= 0.3 is 5.97 Å². The summed E-state index contributed by atoms with van der Waals surface area (Å²) in [4.78, 5) is 15.1. The Kier molecular flexibility index (Phi) is 3.87. The summed E-state index contributed by atoms with van der Waals surface area (Å²) < 4.78 is 4.53. The first kappa shape index (κ1) is 11.3. The number of esters is 1. The van der Waals surface area contributed by atoms with Crippen LogP contribution >= 0.6 is 11.6 Å². The molecule has 0 atom stereocenters. The number of nitrogens with one attached hydrogen (secondary N) is 1. The summed E-state index contributed by atoms with van der Waals surface area (Å²) in [6, 6.07) is 2.91. The number of nitrogens with zero attached hydrogens (tertiary/aromatic N) is 2. The van der Waals surface area contributed by atoms with E-state index in [-0.39, 0.29) is 16.5 Å². The van der Waals surface area contributed by atoms with Gasteiger partial charge in [-0.2, -0.15) is 0 Å². The van der Waals surface area contributed by atoms with Gasteiger partial charge in [-0.3, -0.25) is 0 Å². The fraction of sp³-hybridized carbons (Fsp3) is 0.125. The van der Waals surface area contributed by atoms with Crippen molar-refractivity contribution in [1.82, 2.24) is 4.98 Å². The van der Waals surface area contributed by atoms with Crippen molar-refractivity contribution in [3.63, 3.8) is 0 Å². The molecule has 0 aliphatic carbocycles. The van der Waals surface area contributed by atoms with Crippen LogP contribution in [0.3, 0.4) is 0 Å². The molecule has 0 aliphatic rings. The zero-order valence-electron chi connectivity index (χ0n) is 7.77. The minimum absolute atomic E-state index is 0.159. The second-order valence-corrected chi connectivity index (χ2v) is 2.80. The van der Waals surface area contributed by atoms with Crippen LogP contribution in [0.25, 0.3) is 0 Å². The molecule has 15 heavy (non-hydrogen) atoms. The third kappa shape index (κ3) is 2.81. The molecule has 1 aromatic heterocycles. The average Bonchev–Trinajstić information content (AvgIpc) is 2.25. The molecule has 0 aromatic carbocycles. The summed E-state index contributed by atoms with van der Waals surface area (Å²) in [7, 11) is 1.25. The standard InChI is InChI=1S/C8H8ClN3O3/c1-15-8(13)5-2-3-6(9)12-7(5)10-4-11-14/h2-4,14H,1H3,(H,10,11,12). The van der Waals surface area contributed by atoms with Crippen LogP contribution in [0.2, 0.25) is 5.15 Å². The van der Waals surface area contributed by atoms with Gasteiger partial charge in [0.05, 0.1) is 7.11 Å². The number of carbonyl (C=O) groups is 1. The van der Waals surface area contributed by atoms with Crippen LogP contribution < -0.4 is 5.32 Å².